The van der Waals surface area contributed by atoms with E-state index < -0.39 is 0 Å². The van der Waals surface area contributed by atoms with Crippen molar-refractivity contribution in [2.45, 2.75) is 135 Å². The summed E-state index contributed by atoms with van der Waals surface area (Å²) in [7, 11) is 0. The molecule has 154 valence electrons. The Morgan fingerprint density at radius 1 is 0.577 bits per heavy atom. The fourth-order valence-corrected chi connectivity index (χ4v) is 3.89. The van der Waals surface area contributed by atoms with Crippen LogP contribution in [0.3, 0.4) is 0 Å². The summed E-state index contributed by atoms with van der Waals surface area (Å²) < 4.78 is 5.44. The number of aliphatic imine (C=N–C) groups is 1. The number of hydrogen-bond donors (Lipinski definition) is 0. The molecule has 2 nitrogen and oxygen atoms in total. The fourth-order valence-electron chi connectivity index (χ4n) is 3.89. The summed E-state index contributed by atoms with van der Waals surface area (Å²) >= 11 is 0. The SMILES string of the molecule is CCCCCCCCCCCCCCCCCCCCCC1=NCCO1. The third-order valence-electron chi connectivity index (χ3n) is 5.64. The Morgan fingerprint density at radius 2 is 0.962 bits per heavy atom. The number of nitrogens with zero attached hydrogens (tertiary/aromatic N) is 1. The summed E-state index contributed by atoms with van der Waals surface area (Å²) in [5.41, 5.74) is 0. The van der Waals surface area contributed by atoms with Gasteiger partial charge in [-0.3, -0.25) is 4.99 Å². The lowest BCUT2D eigenvalue weighted by molar-refractivity contribution is 0.336. The first-order valence-corrected chi connectivity index (χ1v) is 12.1. The number of ether oxygens (including phenoxy) is 1. The lowest BCUT2D eigenvalue weighted by Gasteiger charge is -2.04. The second-order valence-corrected chi connectivity index (χ2v) is 8.24. The van der Waals surface area contributed by atoms with Gasteiger partial charge in [0.15, 0.2) is 5.90 Å². The first kappa shape index (κ1) is 23.5. The van der Waals surface area contributed by atoms with Gasteiger partial charge in [0, 0.05) is 6.42 Å². The van der Waals surface area contributed by atoms with Gasteiger partial charge in [0.1, 0.15) is 6.61 Å². The van der Waals surface area contributed by atoms with E-state index in [-0.39, 0.29) is 0 Å². The van der Waals surface area contributed by atoms with Gasteiger partial charge in [-0.2, -0.15) is 0 Å². The first-order chi connectivity index (χ1) is 12.9. The molecule has 0 aliphatic carbocycles. The molecule has 2 heteroatoms. The molecule has 0 saturated heterocycles. The van der Waals surface area contributed by atoms with E-state index in [1.807, 2.05) is 0 Å². The fraction of sp³-hybridized carbons (Fsp3) is 0.958. The zero-order valence-corrected chi connectivity index (χ0v) is 17.9. The van der Waals surface area contributed by atoms with Crippen molar-refractivity contribution < 1.29 is 4.74 Å². The first-order valence-electron chi connectivity index (χ1n) is 12.1. The number of rotatable bonds is 20. The van der Waals surface area contributed by atoms with E-state index in [0.717, 1.165) is 25.5 Å². The highest BCUT2D eigenvalue weighted by Gasteiger charge is 2.05. The van der Waals surface area contributed by atoms with E-state index in [2.05, 4.69) is 11.9 Å². The summed E-state index contributed by atoms with van der Waals surface area (Å²) in [6, 6.07) is 0. The van der Waals surface area contributed by atoms with Crippen molar-refractivity contribution in [3.8, 4) is 0 Å². The van der Waals surface area contributed by atoms with Crippen molar-refractivity contribution in [3.63, 3.8) is 0 Å². The standard InChI is InChI=1S/C24H47NO/c1-2-3-4-5-6-7-8-9-10-11-12-13-14-15-16-17-18-19-20-21-24-25-22-23-26-24/h2-23H2,1H3. The van der Waals surface area contributed by atoms with Crippen LogP contribution in [0.15, 0.2) is 4.99 Å². The molecular weight excluding hydrogens is 318 g/mol. The van der Waals surface area contributed by atoms with Crippen LogP contribution in [0.5, 0.6) is 0 Å². The predicted molar refractivity (Wildman–Crippen MR) is 116 cm³/mol. The molecule has 1 rings (SSSR count). The van der Waals surface area contributed by atoms with Gasteiger partial charge in [0.05, 0.1) is 6.54 Å². The molecule has 0 fully saturated rings. The lowest BCUT2D eigenvalue weighted by Crippen LogP contribution is -1.98. The molecule has 26 heavy (non-hydrogen) atoms. The van der Waals surface area contributed by atoms with Gasteiger partial charge < -0.3 is 4.74 Å². The van der Waals surface area contributed by atoms with Crippen LogP contribution in [0.25, 0.3) is 0 Å². The second-order valence-electron chi connectivity index (χ2n) is 8.24. The maximum atomic E-state index is 5.44. The van der Waals surface area contributed by atoms with Gasteiger partial charge in [0.2, 0.25) is 0 Å². The van der Waals surface area contributed by atoms with Crippen LogP contribution in [-0.2, 0) is 4.74 Å². The third-order valence-corrected chi connectivity index (χ3v) is 5.64. The van der Waals surface area contributed by atoms with E-state index in [1.165, 1.54) is 122 Å². The Bertz CT molecular complexity index is 313. The van der Waals surface area contributed by atoms with Crippen LogP contribution >= 0.6 is 0 Å². The molecule has 0 radical (unpaired) electrons. The lowest BCUT2D eigenvalue weighted by atomic mass is 10.0. The van der Waals surface area contributed by atoms with Crippen molar-refractivity contribution in [3.05, 3.63) is 0 Å². The van der Waals surface area contributed by atoms with Gasteiger partial charge >= 0.3 is 0 Å². The van der Waals surface area contributed by atoms with Gasteiger partial charge in [-0.15, -0.1) is 0 Å². The number of unbranched alkanes of at least 4 members (excludes halogenated alkanes) is 18. The summed E-state index contributed by atoms with van der Waals surface area (Å²) in [4.78, 5) is 4.35. The Morgan fingerprint density at radius 3 is 1.31 bits per heavy atom. The minimum atomic E-state index is 0.814. The Hall–Kier alpha value is -0.530. The van der Waals surface area contributed by atoms with E-state index in [9.17, 15) is 0 Å². The van der Waals surface area contributed by atoms with E-state index in [0.29, 0.717) is 0 Å². The predicted octanol–water partition coefficient (Wildman–Crippen LogP) is 8.24. The van der Waals surface area contributed by atoms with Gasteiger partial charge in [-0.05, 0) is 6.42 Å². The summed E-state index contributed by atoms with van der Waals surface area (Å²) in [6.45, 7) is 3.99. The summed E-state index contributed by atoms with van der Waals surface area (Å²) in [5, 5.41) is 0. The number of hydrogen-bond acceptors (Lipinski definition) is 2. The second kappa shape index (κ2) is 19.2. The molecule has 0 amide bonds. The molecule has 0 aromatic heterocycles. The minimum absolute atomic E-state index is 0.814. The molecule has 0 saturated carbocycles. The smallest absolute Gasteiger partial charge is 0.183 e. The van der Waals surface area contributed by atoms with Crippen molar-refractivity contribution in [1.82, 2.24) is 0 Å². The molecule has 0 atom stereocenters. The van der Waals surface area contributed by atoms with Crippen LogP contribution in [-0.4, -0.2) is 19.0 Å². The zero-order chi connectivity index (χ0) is 18.5. The Kier molecular flexibility index (Phi) is 17.4. The topological polar surface area (TPSA) is 21.6 Å². The van der Waals surface area contributed by atoms with Gasteiger partial charge in [-0.1, -0.05) is 122 Å². The quantitative estimate of drug-likeness (QED) is 0.199. The van der Waals surface area contributed by atoms with Crippen LogP contribution in [0.2, 0.25) is 0 Å². The molecule has 1 aliphatic rings. The van der Waals surface area contributed by atoms with Gasteiger partial charge in [0.25, 0.3) is 0 Å². The van der Waals surface area contributed by atoms with Crippen molar-refractivity contribution >= 4 is 5.90 Å². The van der Waals surface area contributed by atoms with E-state index >= 15 is 0 Å². The normalized spacial score (nSPS) is 13.8. The molecule has 0 spiro atoms. The average Bonchev–Trinajstić information content (AvgIpc) is 3.17. The van der Waals surface area contributed by atoms with E-state index in [4.69, 9.17) is 4.74 Å². The molecule has 1 heterocycles. The van der Waals surface area contributed by atoms with E-state index in [1.54, 1.807) is 0 Å². The van der Waals surface area contributed by atoms with Crippen molar-refractivity contribution in [2.24, 2.45) is 4.99 Å². The monoisotopic (exact) mass is 365 g/mol. The van der Waals surface area contributed by atoms with Gasteiger partial charge in [-0.25, -0.2) is 0 Å². The molecule has 0 N–H and O–H groups in total. The maximum absolute atomic E-state index is 5.44. The van der Waals surface area contributed by atoms with Crippen LogP contribution < -0.4 is 0 Å². The van der Waals surface area contributed by atoms with Crippen LogP contribution in [0, 0.1) is 0 Å². The summed E-state index contributed by atoms with van der Waals surface area (Å²) in [5.74, 6) is 1.01. The minimum Gasteiger partial charge on any atom is -0.479 e. The highest BCUT2D eigenvalue weighted by atomic mass is 16.5. The van der Waals surface area contributed by atoms with Crippen molar-refractivity contribution in [2.75, 3.05) is 13.2 Å². The Labute approximate surface area is 164 Å². The third kappa shape index (κ3) is 15.7. The maximum Gasteiger partial charge on any atom is 0.183 e. The molecule has 0 aromatic carbocycles. The molecule has 0 unspecified atom stereocenters. The highest BCUT2D eigenvalue weighted by molar-refractivity contribution is 5.77. The zero-order valence-electron chi connectivity index (χ0n) is 17.9. The molecular formula is C24H47NO. The molecule has 1 aliphatic heterocycles. The highest BCUT2D eigenvalue weighted by Crippen LogP contribution is 2.15. The molecule has 0 bridgehead atoms. The summed E-state index contributed by atoms with van der Waals surface area (Å²) in [6.07, 6.45) is 28.4. The molecule has 0 aromatic rings. The largest absolute Gasteiger partial charge is 0.479 e. The average molecular weight is 366 g/mol. The van der Waals surface area contributed by atoms with Crippen LogP contribution in [0.4, 0.5) is 0 Å². The Balaban J connectivity index is 1.63. The van der Waals surface area contributed by atoms with Crippen LogP contribution in [0.1, 0.15) is 135 Å². The van der Waals surface area contributed by atoms with Crippen molar-refractivity contribution in [1.29, 1.82) is 0 Å².